The first-order valence-corrected chi connectivity index (χ1v) is 6.48. The monoisotopic (exact) mass is 277 g/mol. The van der Waals surface area contributed by atoms with Crippen LogP contribution in [0.2, 0.25) is 5.15 Å². The number of halogens is 1. The number of ether oxygens (including phenoxy) is 1. The Morgan fingerprint density at radius 3 is 3.17 bits per heavy atom. The van der Waals surface area contributed by atoms with E-state index in [0.29, 0.717) is 17.2 Å². The van der Waals surface area contributed by atoms with Gasteiger partial charge in [0, 0.05) is 5.56 Å². The molecule has 3 rings (SSSR count). The van der Waals surface area contributed by atoms with Gasteiger partial charge in [0.05, 0.1) is 6.04 Å². The molecule has 90 valence electrons. The summed E-state index contributed by atoms with van der Waals surface area (Å²) in [6.07, 6.45) is 0. The van der Waals surface area contributed by atoms with E-state index in [4.69, 9.17) is 21.6 Å². The third-order valence-corrected chi connectivity index (χ3v) is 3.92. The van der Waals surface area contributed by atoms with Crippen LogP contribution in [0.3, 0.4) is 0 Å². The number of para-hydroxylation sites is 1. The highest BCUT2D eigenvalue weighted by atomic mass is 35.5. The van der Waals surface area contributed by atoms with Crippen molar-refractivity contribution in [1.82, 2.24) is 4.37 Å². The maximum atomic E-state index is 9.02. The molecule has 1 aromatic heterocycles. The quantitative estimate of drug-likeness (QED) is 0.916. The number of nitrogens with one attached hydrogen (secondary N) is 1. The molecular formula is C12H8ClN3OS. The van der Waals surface area contributed by atoms with E-state index < -0.39 is 0 Å². The van der Waals surface area contributed by atoms with E-state index in [1.54, 1.807) is 0 Å². The zero-order chi connectivity index (χ0) is 12.5. The molecule has 2 heterocycles. The van der Waals surface area contributed by atoms with Gasteiger partial charge in [-0.2, -0.15) is 9.64 Å². The molecule has 18 heavy (non-hydrogen) atoms. The molecule has 6 heteroatoms. The lowest BCUT2D eigenvalue weighted by molar-refractivity contribution is 0.340. The van der Waals surface area contributed by atoms with E-state index in [0.717, 1.165) is 11.3 Å². The molecule has 1 aliphatic heterocycles. The fourth-order valence-corrected chi connectivity index (χ4v) is 2.89. The molecule has 1 aromatic carbocycles. The van der Waals surface area contributed by atoms with Crippen molar-refractivity contribution in [3.63, 3.8) is 0 Å². The fraction of sp³-hybridized carbons (Fsp3) is 0.167. The van der Waals surface area contributed by atoms with E-state index in [1.165, 1.54) is 11.5 Å². The molecule has 1 N–H and O–H groups in total. The molecular weight excluding hydrogens is 270 g/mol. The van der Waals surface area contributed by atoms with Gasteiger partial charge in [-0.05, 0) is 17.6 Å². The van der Waals surface area contributed by atoms with Gasteiger partial charge in [0.25, 0.3) is 0 Å². The van der Waals surface area contributed by atoms with Crippen molar-refractivity contribution in [2.45, 2.75) is 6.04 Å². The molecule has 0 spiro atoms. The van der Waals surface area contributed by atoms with Crippen LogP contribution in [0.25, 0.3) is 0 Å². The standard InChI is InChI=1S/C12H8ClN3OS/c13-11-8(5-14)12(18-16-11)15-9-6-17-10-4-2-1-3-7(9)10/h1-4,9,15H,6H2/t9-/m1/s1. The minimum atomic E-state index is 0.0322. The molecule has 0 radical (unpaired) electrons. The molecule has 0 saturated heterocycles. The van der Waals surface area contributed by atoms with Crippen LogP contribution >= 0.6 is 23.1 Å². The Bertz CT molecular complexity index is 634. The predicted molar refractivity (Wildman–Crippen MR) is 70.1 cm³/mol. The summed E-state index contributed by atoms with van der Waals surface area (Å²) in [5.74, 6) is 0.879. The summed E-state index contributed by atoms with van der Waals surface area (Å²) in [7, 11) is 0. The van der Waals surface area contributed by atoms with E-state index in [-0.39, 0.29) is 11.2 Å². The third kappa shape index (κ3) is 1.80. The van der Waals surface area contributed by atoms with Crippen LogP contribution in [0.5, 0.6) is 5.75 Å². The SMILES string of the molecule is N#Cc1c(Cl)nsc1N[C@@H]1COc2ccccc21. The molecule has 4 nitrogen and oxygen atoms in total. The zero-order valence-corrected chi connectivity index (χ0v) is 10.8. The van der Waals surface area contributed by atoms with Crippen LogP contribution in [-0.4, -0.2) is 11.0 Å². The molecule has 0 aliphatic carbocycles. The molecule has 1 atom stereocenters. The number of hydrogen-bond donors (Lipinski definition) is 1. The second-order valence-corrected chi connectivity index (χ2v) is 4.97. The minimum Gasteiger partial charge on any atom is -0.491 e. The number of anilines is 1. The second-order valence-electron chi connectivity index (χ2n) is 3.84. The Kier molecular flexibility index (Phi) is 2.82. The Morgan fingerprint density at radius 1 is 1.50 bits per heavy atom. The number of rotatable bonds is 2. The van der Waals surface area contributed by atoms with Gasteiger partial charge in [-0.3, -0.25) is 0 Å². The Hall–Kier alpha value is -1.77. The van der Waals surface area contributed by atoms with E-state index in [1.807, 2.05) is 24.3 Å². The predicted octanol–water partition coefficient (Wildman–Crippen LogP) is 3.21. The van der Waals surface area contributed by atoms with Gasteiger partial charge in [-0.1, -0.05) is 29.8 Å². The van der Waals surface area contributed by atoms with Crippen molar-refractivity contribution < 1.29 is 4.74 Å². The van der Waals surface area contributed by atoms with Crippen molar-refractivity contribution >= 4 is 28.1 Å². The van der Waals surface area contributed by atoms with Crippen molar-refractivity contribution in [2.24, 2.45) is 0 Å². The van der Waals surface area contributed by atoms with Gasteiger partial charge in [0.2, 0.25) is 0 Å². The first-order chi connectivity index (χ1) is 8.79. The largest absolute Gasteiger partial charge is 0.491 e. The summed E-state index contributed by atoms with van der Waals surface area (Å²) in [6.45, 7) is 0.541. The van der Waals surface area contributed by atoms with E-state index in [9.17, 15) is 0 Å². The maximum Gasteiger partial charge on any atom is 0.162 e. The first-order valence-electron chi connectivity index (χ1n) is 5.33. The van der Waals surface area contributed by atoms with E-state index in [2.05, 4.69) is 15.8 Å². The van der Waals surface area contributed by atoms with Gasteiger partial charge in [0.1, 0.15) is 29.0 Å². The Morgan fingerprint density at radius 2 is 2.33 bits per heavy atom. The molecule has 1 aliphatic rings. The maximum absolute atomic E-state index is 9.02. The number of aromatic nitrogens is 1. The molecule has 2 aromatic rings. The highest BCUT2D eigenvalue weighted by Crippen LogP contribution is 2.37. The lowest BCUT2D eigenvalue weighted by Crippen LogP contribution is -2.11. The van der Waals surface area contributed by atoms with Crippen LogP contribution in [-0.2, 0) is 0 Å². The summed E-state index contributed by atoms with van der Waals surface area (Å²) in [5.41, 5.74) is 1.48. The van der Waals surface area contributed by atoms with Crippen LogP contribution in [0.4, 0.5) is 5.00 Å². The lowest BCUT2D eigenvalue weighted by Gasteiger charge is -2.10. The van der Waals surface area contributed by atoms with Crippen LogP contribution < -0.4 is 10.1 Å². The highest BCUT2D eigenvalue weighted by Gasteiger charge is 2.25. The van der Waals surface area contributed by atoms with Gasteiger partial charge in [-0.25, -0.2) is 0 Å². The van der Waals surface area contributed by atoms with Gasteiger partial charge >= 0.3 is 0 Å². The number of hydrogen-bond acceptors (Lipinski definition) is 5. The van der Waals surface area contributed by atoms with Crippen molar-refractivity contribution in [3.05, 3.63) is 40.5 Å². The van der Waals surface area contributed by atoms with Crippen molar-refractivity contribution in [1.29, 1.82) is 5.26 Å². The molecule has 0 unspecified atom stereocenters. The summed E-state index contributed by atoms with van der Waals surface area (Å²) in [4.78, 5) is 0. The smallest absolute Gasteiger partial charge is 0.162 e. The second kappa shape index (κ2) is 4.48. The zero-order valence-electron chi connectivity index (χ0n) is 9.18. The van der Waals surface area contributed by atoms with Crippen LogP contribution in [0.15, 0.2) is 24.3 Å². The molecule has 0 fully saturated rings. The normalized spacial score (nSPS) is 16.8. The molecule has 0 amide bonds. The number of benzene rings is 1. The third-order valence-electron chi connectivity index (χ3n) is 2.77. The average Bonchev–Trinajstić information content (AvgIpc) is 2.95. The number of nitriles is 1. The van der Waals surface area contributed by atoms with Crippen LogP contribution in [0.1, 0.15) is 17.2 Å². The lowest BCUT2D eigenvalue weighted by atomic mass is 10.1. The van der Waals surface area contributed by atoms with Crippen molar-refractivity contribution in [3.8, 4) is 11.8 Å². The topological polar surface area (TPSA) is 57.9 Å². The Balaban J connectivity index is 1.89. The first kappa shape index (κ1) is 11.3. The minimum absolute atomic E-state index is 0.0322. The van der Waals surface area contributed by atoms with Crippen molar-refractivity contribution in [2.75, 3.05) is 11.9 Å². The van der Waals surface area contributed by atoms with Gasteiger partial charge in [0.15, 0.2) is 5.15 Å². The van der Waals surface area contributed by atoms with E-state index >= 15 is 0 Å². The average molecular weight is 278 g/mol. The fourth-order valence-electron chi connectivity index (χ4n) is 1.91. The van der Waals surface area contributed by atoms with Gasteiger partial charge in [-0.15, -0.1) is 0 Å². The summed E-state index contributed by atoms with van der Waals surface area (Å²) in [6, 6.07) is 9.93. The number of fused-ring (bicyclic) bond motifs is 1. The molecule has 0 bridgehead atoms. The Labute approximate surface area is 113 Å². The van der Waals surface area contributed by atoms with Crippen LogP contribution in [0, 0.1) is 11.3 Å². The summed E-state index contributed by atoms with van der Waals surface area (Å²) >= 11 is 7.03. The highest BCUT2D eigenvalue weighted by molar-refractivity contribution is 7.10. The summed E-state index contributed by atoms with van der Waals surface area (Å²) in [5, 5.41) is 13.2. The summed E-state index contributed by atoms with van der Waals surface area (Å²) < 4.78 is 9.54. The van der Waals surface area contributed by atoms with Gasteiger partial charge < -0.3 is 10.1 Å². The number of nitrogens with zero attached hydrogens (tertiary/aromatic N) is 2. The molecule has 0 saturated carbocycles.